The Morgan fingerprint density at radius 3 is 2.27 bits per heavy atom. The molecule has 4 aliphatic carbocycles. The number of unbranched alkanes of at least 4 members (excludes halogenated alkanes) is 1. The summed E-state index contributed by atoms with van der Waals surface area (Å²) in [6, 6.07) is 4.19. The average Bonchev–Trinajstić information content (AvgIpc) is 3.59. The number of halogens is 1. The van der Waals surface area contributed by atoms with Gasteiger partial charge in [0, 0.05) is 5.69 Å². The summed E-state index contributed by atoms with van der Waals surface area (Å²) in [5.41, 5.74) is 0.371. The monoisotopic (exact) mass is 454 g/mol. The minimum atomic E-state index is -1.02. The first-order chi connectivity index (χ1) is 15.9. The Labute approximate surface area is 191 Å². The maximum Gasteiger partial charge on any atom is 0.329 e. The first-order valence-electron chi connectivity index (χ1n) is 11.7. The molecular weight excluding hydrogens is 427 g/mol. The van der Waals surface area contributed by atoms with E-state index in [0.29, 0.717) is 30.4 Å². The third kappa shape index (κ3) is 3.75. The SMILES string of the molecule is CCCC[C@H](C(=O)OCC(=O)Nc1ccc(F)cc1)N1C(=O)[C@H]2[C@@H]3C=C[C@H]([C@H]4C[C@H]34)[C@@H]2C1=O. The number of carbonyl (C=O) groups is 4. The Kier molecular flexibility index (Phi) is 5.54. The van der Waals surface area contributed by atoms with Gasteiger partial charge in [-0.25, -0.2) is 9.18 Å². The summed E-state index contributed by atoms with van der Waals surface area (Å²) in [6.45, 7) is 1.41. The Hall–Kier alpha value is -3.03. The average molecular weight is 454 g/mol. The van der Waals surface area contributed by atoms with E-state index in [2.05, 4.69) is 17.5 Å². The molecule has 1 aromatic rings. The van der Waals surface area contributed by atoms with Gasteiger partial charge >= 0.3 is 5.97 Å². The molecular formula is C25H27FN2O5. The quantitative estimate of drug-likeness (QED) is 0.370. The van der Waals surface area contributed by atoms with E-state index in [1.165, 1.54) is 24.3 Å². The number of hydrogen-bond acceptors (Lipinski definition) is 5. The van der Waals surface area contributed by atoms with Gasteiger partial charge in [0.25, 0.3) is 5.91 Å². The maximum atomic E-state index is 13.4. The zero-order valence-corrected chi connectivity index (χ0v) is 18.4. The summed E-state index contributed by atoms with van der Waals surface area (Å²) in [4.78, 5) is 53.1. The number of amides is 3. The molecule has 0 spiro atoms. The summed E-state index contributed by atoms with van der Waals surface area (Å²) >= 11 is 0. The van der Waals surface area contributed by atoms with Crippen molar-refractivity contribution in [3.05, 3.63) is 42.2 Å². The highest BCUT2D eigenvalue weighted by atomic mass is 19.1. The van der Waals surface area contributed by atoms with E-state index in [-0.39, 0.29) is 35.5 Å². The van der Waals surface area contributed by atoms with Crippen LogP contribution in [0, 0.1) is 41.3 Å². The Bertz CT molecular complexity index is 986. The smallest absolute Gasteiger partial charge is 0.329 e. The first kappa shape index (κ1) is 21.8. The fourth-order valence-electron chi connectivity index (χ4n) is 6.00. The molecule has 174 valence electrons. The van der Waals surface area contributed by atoms with Gasteiger partial charge in [0.15, 0.2) is 6.61 Å². The predicted octanol–water partition coefficient (Wildman–Crippen LogP) is 2.92. The zero-order chi connectivity index (χ0) is 23.3. The lowest BCUT2D eigenvalue weighted by molar-refractivity contribution is -0.160. The van der Waals surface area contributed by atoms with Crippen molar-refractivity contribution >= 4 is 29.4 Å². The first-order valence-corrected chi connectivity index (χ1v) is 11.7. The number of anilines is 1. The lowest BCUT2D eigenvalue weighted by Gasteiger charge is -2.37. The highest BCUT2D eigenvalue weighted by Crippen LogP contribution is 2.65. The largest absolute Gasteiger partial charge is 0.454 e. The minimum Gasteiger partial charge on any atom is -0.454 e. The number of imide groups is 1. The molecule has 7 atom stereocenters. The van der Waals surface area contributed by atoms with Crippen LogP contribution in [0.2, 0.25) is 0 Å². The standard InChI is InChI=1S/C25H27FN2O5/c1-2-3-4-19(25(32)33-12-20(29)27-14-7-5-13(26)6-8-14)28-23(30)21-15-9-10-16(18-11-17(15)18)22(21)24(28)31/h5-10,15-19,21-22H,2-4,11-12H2,1H3,(H,27,29)/t15-,16-,17-,18-,19-,21+,22+/m1/s1. The molecule has 2 saturated carbocycles. The van der Waals surface area contributed by atoms with Gasteiger partial charge in [-0.3, -0.25) is 19.3 Å². The highest BCUT2D eigenvalue weighted by Gasteiger charge is 2.67. The topological polar surface area (TPSA) is 92.8 Å². The number of nitrogens with zero attached hydrogens (tertiary/aromatic N) is 1. The van der Waals surface area contributed by atoms with Crippen LogP contribution in [-0.2, 0) is 23.9 Å². The van der Waals surface area contributed by atoms with Gasteiger partial charge in [0.1, 0.15) is 11.9 Å². The van der Waals surface area contributed by atoms with Crippen LogP contribution in [0.5, 0.6) is 0 Å². The summed E-state index contributed by atoms with van der Waals surface area (Å²) in [7, 11) is 0. The molecule has 3 amide bonds. The van der Waals surface area contributed by atoms with E-state index >= 15 is 0 Å². The minimum absolute atomic E-state index is 0.0794. The number of esters is 1. The number of benzene rings is 1. The van der Waals surface area contributed by atoms with E-state index in [1.54, 1.807) is 0 Å². The Morgan fingerprint density at radius 2 is 1.70 bits per heavy atom. The molecule has 1 aromatic carbocycles. The van der Waals surface area contributed by atoms with E-state index in [0.717, 1.165) is 17.7 Å². The van der Waals surface area contributed by atoms with Gasteiger partial charge in [-0.05, 0) is 60.8 Å². The summed E-state index contributed by atoms with van der Waals surface area (Å²) in [6.07, 6.45) is 6.99. The second-order valence-electron chi connectivity index (χ2n) is 9.52. The molecule has 1 N–H and O–H groups in total. The molecule has 8 heteroatoms. The molecule has 33 heavy (non-hydrogen) atoms. The molecule has 0 unspecified atom stereocenters. The van der Waals surface area contributed by atoms with Crippen molar-refractivity contribution in [2.24, 2.45) is 35.5 Å². The highest BCUT2D eigenvalue weighted by molar-refractivity contribution is 6.09. The normalized spacial score (nSPS) is 31.8. The second-order valence-corrected chi connectivity index (χ2v) is 9.52. The zero-order valence-electron chi connectivity index (χ0n) is 18.4. The maximum absolute atomic E-state index is 13.4. The third-order valence-electron chi connectivity index (χ3n) is 7.59. The van der Waals surface area contributed by atoms with E-state index in [1.807, 2.05) is 6.92 Å². The molecule has 5 aliphatic rings. The van der Waals surface area contributed by atoms with Crippen LogP contribution < -0.4 is 5.32 Å². The van der Waals surface area contributed by atoms with Crippen LogP contribution in [0.25, 0.3) is 0 Å². The Balaban J connectivity index is 1.27. The predicted molar refractivity (Wildman–Crippen MR) is 116 cm³/mol. The Morgan fingerprint density at radius 1 is 1.09 bits per heavy atom. The van der Waals surface area contributed by atoms with Gasteiger partial charge in [0.05, 0.1) is 11.8 Å². The van der Waals surface area contributed by atoms with Crippen molar-refractivity contribution in [2.45, 2.75) is 38.6 Å². The lowest BCUT2D eigenvalue weighted by Crippen LogP contribution is -2.47. The van der Waals surface area contributed by atoms with Crippen LogP contribution in [0.1, 0.15) is 32.6 Å². The molecule has 6 rings (SSSR count). The van der Waals surface area contributed by atoms with Crippen molar-refractivity contribution in [3.63, 3.8) is 0 Å². The number of nitrogens with one attached hydrogen (secondary N) is 1. The summed E-state index contributed by atoms with van der Waals surface area (Å²) in [5, 5.41) is 2.53. The molecule has 7 nitrogen and oxygen atoms in total. The van der Waals surface area contributed by atoms with Crippen LogP contribution in [0.4, 0.5) is 10.1 Å². The van der Waals surface area contributed by atoms with Crippen molar-refractivity contribution in [1.29, 1.82) is 0 Å². The summed E-state index contributed by atoms with van der Waals surface area (Å²) in [5.74, 6) is -1.95. The molecule has 2 bridgehead atoms. The van der Waals surface area contributed by atoms with Crippen LogP contribution >= 0.6 is 0 Å². The number of rotatable bonds is 8. The molecule has 1 saturated heterocycles. The van der Waals surface area contributed by atoms with Gasteiger partial charge in [-0.2, -0.15) is 0 Å². The molecule has 1 aliphatic heterocycles. The van der Waals surface area contributed by atoms with Gasteiger partial charge in [-0.15, -0.1) is 0 Å². The van der Waals surface area contributed by atoms with Gasteiger partial charge in [-0.1, -0.05) is 31.9 Å². The van der Waals surface area contributed by atoms with Crippen LogP contribution in [-0.4, -0.2) is 41.2 Å². The number of carbonyl (C=O) groups excluding carboxylic acids is 4. The van der Waals surface area contributed by atoms with E-state index in [9.17, 15) is 23.6 Å². The van der Waals surface area contributed by atoms with Gasteiger partial charge < -0.3 is 10.1 Å². The van der Waals surface area contributed by atoms with Crippen molar-refractivity contribution in [3.8, 4) is 0 Å². The number of ether oxygens (including phenoxy) is 1. The van der Waals surface area contributed by atoms with Crippen LogP contribution in [0.15, 0.2) is 36.4 Å². The van der Waals surface area contributed by atoms with Gasteiger partial charge in [0.2, 0.25) is 11.8 Å². The number of likely N-dealkylation sites (tertiary alicyclic amines) is 1. The second kappa shape index (κ2) is 8.39. The molecule has 3 fully saturated rings. The summed E-state index contributed by atoms with van der Waals surface area (Å²) < 4.78 is 18.3. The van der Waals surface area contributed by atoms with Crippen molar-refractivity contribution in [1.82, 2.24) is 4.90 Å². The number of allylic oxidation sites excluding steroid dienone is 2. The fraction of sp³-hybridized carbons (Fsp3) is 0.520. The third-order valence-corrected chi connectivity index (χ3v) is 7.59. The molecule has 0 radical (unpaired) electrons. The molecule has 0 aromatic heterocycles. The number of hydrogen-bond donors (Lipinski definition) is 1. The fourth-order valence-corrected chi connectivity index (χ4v) is 6.00. The van der Waals surface area contributed by atoms with E-state index in [4.69, 9.17) is 4.74 Å². The van der Waals surface area contributed by atoms with E-state index < -0.39 is 30.3 Å². The molecule has 1 heterocycles. The van der Waals surface area contributed by atoms with Crippen molar-refractivity contribution in [2.75, 3.05) is 11.9 Å². The van der Waals surface area contributed by atoms with Crippen LogP contribution in [0.3, 0.4) is 0 Å². The lowest BCUT2D eigenvalue weighted by atomic mass is 9.63. The van der Waals surface area contributed by atoms with Crippen molar-refractivity contribution < 1.29 is 28.3 Å².